The van der Waals surface area contributed by atoms with Crippen LogP contribution < -0.4 is 4.74 Å². The lowest BCUT2D eigenvalue weighted by atomic mass is 10.0. The average molecular weight is 236 g/mol. The van der Waals surface area contributed by atoms with Crippen molar-refractivity contribution in [1.82, 2.24) is 0 Å². The van der Waals surface area contributed by atoms with Gasteiger partial charge in [0.05, 0.1) is 6.61 Å². The largest absolute Gasteiger partial charge is 0.492 e. The summed E-state index contributed by atoms with van der Waals surface area (Å²) >= 11 is 0. The summed E-state index contributed by atoms with van der Waals surface area (Å²) in [6, 6.07) is 3.28. The summed E-state index contributed by atoms with van der Waals surface area (Å²) in [6.07, 6.45) is 3.04. The van der Waals surface area contributed by atoms with Gasteiger partial charge in [-0.25, -0.2) is 0 Å². The smallest absolute Gasteiger partial charge is 0.274 e. The van der Waals surface area contributed by atoms with Crippen LogP contribution in [0.15, 0.2) is 24.0 Å². The van der Waals surface area contributed by atoms with E-state index in [4.69, 9.17) is 25.2 Å². The lowest BCUT2D eigenvalue weighted by Crippen LogP contribution is -1.90. The van der Waals surface area contributed by atoms with Crippen molar-refractivity contribution in [3.8, 4) is 5.75 Å². The number of aliphatic hydroxyl groups excluding tert-OH is 2. The van der Waals surface area contributed by atoms with Gasteiger partial charge >= 0.3 is 0 Å². The Bertz CT molecular complexity index is 449. The Morgan fingerprint density at radius 1 is 1.00 bits per heavy atom. The van der Waals surface area contributed by atoms with Crippen molar-refractivity contribution in [2.45, 2.75) is 6.42 Å². The van der Waals surface area contributed by atoms with E-state index in [-0.39, 0.29) is 0 Å². The molecule has 0 atom stereocenters. The molecule has 0 amide bonds. The quantitative estimate of drug-likeness (QED) is 0.592. The Morgan fingerprint density at radius 3 is 2.24 bits per heavy atom. The Kier molecular flexibility index (Phi) is 2.82. The second kappa shape index (κ2) is 4.29. The molecule has 0 saturated carbocycles. The molecular formula is C12H12O5. The zero-order valence-corrected chi connectivity index (χ0v) is 8.92. The second-order valence-electron chi connectivity index (χ2n) is 3.66. The molecule has 0 bridgehead atoms. The number of benzene rings is 1. The minimum Gasteiger partial charge on any atom is -0.492 e. The molecule has 5 nitrogen and oxygen atoms in total. The van der Waals surface area contributed by atoms with Gasteiger partial charge in [-0.05, 0) is 5.56 Å². The summed E-state index contributed by atoms with van der Waals surface area (Å²) in [5, 5.41) is 35.3. The van der Waals surface area contributed by atoms with Gasteiger partial charge in [0.25, 0.3) is 11.9 Å². The molecule has 1 aliphatic rings. The van der Waals surface area contributed by atoms with E-state index in [2.05, 4.69) is 0 Å². The summed E-state index contributed by atoms with van der Waals surface area (Å²) in [5.41, 5.74) is 2.01. The molecule has 1 aliphatic heterocycles. The predicted molar refractivity (Wildman–Crippen MR) is 62.1 cm³/mol. The maximum Gasteiger partial charge on any atom is 0.274 e. The molecule has 17 heavy (non-hydrogen) atoms. The van der Waals surface area contributed by atoms with Crippen LogP contribution in [0.4, 0.5) is 0 Å². The third-order valence-corrected chi connectivity index (χ3v) is 2.49. The third kappa shape index (κ3) is 2.28. The summed E-state index contributed by atoms with van der Waals surface area (Å²) < 4.78 is 5.39. The minimum absolute atomic E-state index is 0.486. The SMILES string of the molecule is OC(O)=Cc1ccc(C=C(O)O)c2c1CCO2. The summed E-state index contributed by atoms with van der Waals surface area (Å²) in [6.45, 7) is 0.486. The summed E-state index contributed by atoms with van der Waals surface area (Å²) in [7, 11) is 0. The van der Waals surface area contributed by atoms with E-state index in [0.29, 0.717) is 29.9 Å². The molecule has 2 rings (SSSR count). The fourth-order valence-corrected chi connectivity index (χ4v) is 1.87. The fourth-order valence-electron chi connectivity index (χ4n) is 1.87. The van der Waals surface area contributed by atoms with Gasteiger partial charge in [-0.15, -0.1) is 0 Å². The van der Waals surface area contributed by atoms with Crippen LogP contribution >= 0.6 is 0 Å². The van der Waals surface area contributed by atoms with Crippen LogP contribution in [0.5, 0.6) is 5.75 Å². The molecule has 0 spiro atoms. The van der Waals surface area contributed by atoms with Crippen molar-refractivity contribution < 1.29 is 25.2 Å². The normalized spacial score (nSPS) is 12.5. The maximum atomic E-state index is 8.84. The van der Waals surface area contributed by atoms with Crippen LogP contribution in [-0.4, -0.2) is 27.0 Å². The van der Waals surface area contributed by atoms with Crippen LogP contribution in [-0.2, 0) is 6.42 Å². The van der Waals surface area contributed by atoms with Gasteiger partial charge < -0.3 is 25.2 Å². The average Bonchev–Trinajstić information content (AvgIpc) is 2.69. The van der Waals surface area contributed by atoms with Gasteiger partial charge in [0, 0.05) is 29.7 Å². The second-order valence-corrected chi connectivity index (χ2v) is 3.66. The summed E-state index contributed by atoms with van der Waals surface area (Å²) in [4.78, 5) is 0. The number of ether oxygens (including phenoxy) is 1. The van der Waals surface area contributed by atoms with E-state index in [0.717, 1.165) is 5.56 Å². The Balaban J connectivity index is 2.53. The molecule has 0 radical (unpaired) electrons. The van der Waals surface area contributed by atoms with Crippen molar-refractivity contribution in [2.75, 3.05) is 6.61 Å². The highest BCUT2D eigenvalue weighted by Gasteiger charge is 2.19. The Morgan fingerprint density at radius 2 is 1.59 bits per heavy atom. The molecule has 0 unspecified atom stereocenters. The number of hydrogen-bond donors (Lipinski definition) is 4. The van der Waals surface area contributed by atoms with Crippen LogP contribution in [0.1, 0.15) is 16.7 Å². The van der Waals surface area contributed by atoms with Crippen LogP contribution in [0.3, 0.4) is 0 Å². The van der Waals surface area contributed by atoms with Crippen molar-refractivity contribution >= 4 is 12.2 Å². The predicted octanol–water partition coefficient (Wildman–Crippen LogP) is 2.45. The molecule has 0 fully saturated rings. The molecular weight excluding hydrogens is 224 g/mol. The van der Waals surface area contributed by atoms with E-state index in [9.17, 15) is 0 Å². The number of hydrogen-bond acceptors (Lipinski definition) is 5. The Labute approximate surface area is 97.5 Å². The molecule has 0 saturated heterocycles. The lowest BCUT2D eigenvalue weighted by Gasteiger charge is -2.06. The Hall–Kier alpha value is -2.30. The van der Waals surface area contributed by atoms with Gasteiger partial charge in [-0.3, -0.25) is 0 Å². The van der Waals surface area contributed by atoms with Crippen molar-refractivity contribution in [3.63, 3.8) is 0 Å². The molecule has 0 aliphatic carbocycles. The third-order valence-electron chi connectivity index (χ3n) is 2.49. The first-order chi connectivity index (χ1) is 8.08. The highest BCUT2D eigenvalue weighted by molar-refractivity contribution is 5.68. The highest BCUT2D eigenvalue weighted by Crippen LogP contribution is 2.34. The van der Waals surface area contributed by atoms with Crippen molar-refractivity contribution in [1.29, 1.82) is 0 Å². The molecule has 0 aromatic heterocycles. The van der Waals surface area contributed by atoms with Gasteiger partial charge in [-0.2, -0.15) is 0 Å². The van der Waals surface area contributed by atoms with Gasteiger partial charge in [-0.1, -0.05) is 12.1 Å². The van der Waals surface area contributed by atoms with E-state index >= 15 is 0 Å². The lowest BCUT2D eigenvalue weighted by molar-refractivity contribution is 0.196. The maximum absolute atomic E-state index is 8.84. The fraction of sp³-hybridized carbons (Fsp3) is 0.167. The highest BCUT2D eigenvalue weighted by atomic mass is 16.5. The first-order valence-corrected chi connectivity index (χ1v) is 5.06. The minimum atomic E-state index is -0.795. The van der Waals surface area contributed by atoms with Gasteiger partial charge in [0.15, 0.2) is 0 Å². The standard InChI is InChI=1S/C12H12O5/c13-10(14)5-7-1-2-8(6-11(15)16)12-9(7)3-4-17-12/h1-2,5-6,13-16H,3-4H2. The number of aliphatic hydroxyl groups is 4. The van der Waals surface area contributed by atoms with Crippen molar-refractivity contribution in [2.24, 2.45) is 0 Å². The zero-order valence-electron chi connectivity index (χ0n) is 8.92. The van der Waals surface area contributed by atoms with Crippen LogP contribution in [0, 0.1) is 0 Å². The number of fused-ring (bicyclic) bond motifs is 1. The van der Waals surface area contributed by atoms with E-state index in [1.54, 1.807) is 12.1 Å². The van der Waals surface area contributed by atoms with Gasteiger partial charge in [0.2, 0.25) is 0 Å². The first-order valence-electron chi connectivity index (χ1n) is 5.06. The molecule has 5 heteroatoms. The van der Waals surface area contributed by atoms with Crippen LogP contribution in [0.25, 0.3) is 12.2 Å². The topological polar surface area (TPSA) is 90.2 Å². The first kappa shape index (κ1) is 11.2. The van der Waals surface area contributed by atoms with E-state index < -0.39 is 11.9 Å². The van der Waals surface area contributed by atoms with E-state index in [1.807, 2.05) is 0 Å². The molecule has 1 heterocycles. The summed E-state index contributed by atoms with van der Waals surface area (Å²) in [5.74, 6) is -1.02. The van der Waals surface area contributed by atoms with Crippen molar-refractivity contribution in [3.05, 3.63) is 40.7 Å². The molecule has 1 aromatic rings. The molecule has 90 valence electrons. The monoisotopic (exact) mass is 236 g/mol. The van der Waals surface area contributed by atoms with Crippen LogP contribution in [0.2, 0.25) is 0 Å². The molecule has 1 aromatic carbocycles. The number of rotatable bonds is 2. The molecule has 4 N–H and O–H groups in total. The zero-order chi connectivity index (χ0) is 12.4. The van der Waals surface area contributed by atoms with Gasteiger partial charge in [0.1, 0.15) is 5.75 Å². The van der Waals surface area contributed by atoms with E-state index in [1.165, 1.54) is 12.2 Å².